The van der Waals surface area contributed by atoms with Gasteiger partial charge in [-0.05, 0) is 284 Å². The van der Waals surface area contributed by atoms with Gasteiger partial charge in [-0.25, -0.2) is 0 Å². The molecular formula is C114H210O14. The Morgan fingerprint density at radius 2 is 0.758 bits per heavy atom. The molecule has 8 bridgehead atoms. The summed E-state index contributed by atoms with van der Waals surface area (Å²) in [5.74, 6) is 11.8. The van der Waals surface area contributed by atoms with E-state index in [4.69, 9.17) is 33.2 Å². The van der Waals surface area contributed by atoms with E-state index in [-0.39, 0.29) is 118 Å². The highest BCUT2D eigenvalue weighted by molar-refractivity contribution is 5.73. The number of hydrogen-bond acceptors (Lipinski definition) is 14. The summed E-state index contributed by atoms with van der Waals surface area (Å²) in [4.78, 5) is 83.2. The number of esters is 7. The van der Waals surface area contributed by atoms with Gasteiger partial charge in [-0.3, -0.25) is 33.6 Å². The van der Waals surface area contributed by atoms with E-state index in [1.807, 2.05) is 55.4 Å². The van der Waals surface area contributed by atoms with Gasteiger partial charge in [-0.15, -0.1) is 0 Å². The molecule has 7 fully saturated rings. The highest BCUT2D eigenvalue weighted by Gasteiger charge is 2.62. The van der Waals surface area contributed by atoms with E-state index in [1.54, 1.807) is 64.4 Å². The van der Waals surface area contributed by atoms with E-state index in [0.29, 0.717) is 115 Å². The molecule has 7 rings (SSSR count). The van der Waals surface area contributed by atoms with Crippen molar-refractivity contribution in [1.82, 2.24) is 0 Å². The zero-order chi connectivity index (χ0) is 98.8. The van der Waals surface area contributed by atoms with Crippen molar-refractivity contribution in [1.29, 1.82) is 0 Å². The van der Waals surface area contributed by atoms with E-state index in [9.17, 15) is 33.6 Å². The quantitative estimate of drug-likeness (QED) is 0.0323. The summed E-state index contributed by atoms with van der Waals surface area (Å²) >= 11 is 0. The minimum atomic E-state index is -0.413. The molecule has 14 nitrogen and oxygen atoms in total. The Hall–Kier alpha value is -3.97. The van der Waals surface area contributed by atoms with Crippen LogP contribution in [0.5, 0.6) is 0 Å². The molecule has 128 heavy (non-hydrogen) atoms. The molecular weight excluding hydrogens is 1590 g/mol. The van der Waals surface area contributed by atoms with Crippen molar-refractivity contribution in [3.8, 4) is 0 Å². The number of ether oxygens (including phenoxy) is 7. The third-order valence-corrected chi connectivity index (χ3v) is 29.8. The second kappa shape index (κ2) is 51.8. The van der Waals surface area contributed by atoms with Gasteiger partial charge in [0.05, 0.1) is 51.5 Å². The second-order valence-corrected chi connectivity index (χ2v) is 54.6. The van der Waals surface area contributed by atoms with Gasteiger partial charge >= 0.3 is 41.8 Å². The monoisotopic (exact) mass is 1800 g/mol. The Bertz CT molecular complexity index is 3220. The van der Waals surface area contributed by atoms with Crippen LogP contribution >= 0.6 is 0 Å². The maximum absolute atomic E-state index is 12.1. The average Bonchev–Trinajstić information content (AvgIpc) is 1.55. The first-order valence-electron chi connectivity index (χ1n) is 51.9. The molecule has 0 N–H and O–H groups in total. The fourth-order valence-corrected chi connectivity index (χ4v) is 24.4. The lowest BCUT2D eigenvalue weighted by Gasteiger charge is -2.44. The normalized spacial score (nSPS) is 26.0. The summed E-state index contributed by atoms with van der Waals surface area (Å²) in [6.07, 6.45) is 29.0. The Morgan fingerprint density at radius 3 is 1.10 bits per heavy atom. The van der Waals surface area contributed by atoms with Crippen LogP contribution in [-0.4, -0.2) is 87.5 Å². The second-order valence-electron chi connectivity index (χ2n) is 54.6. The van der Waals surface area contributed by atoms with Gasteiger partial charge in [0.15, 0.2) is 0 Å². The van der Waals surface area contributed by atoms with Crippen LogP contribution in [0.15, 0.2) is 12.2 Å². The molecule has 0 aromatic carbocycles. The van der Waals surface area contributed by atoms with Crippen LogP contribution in [0.25, 0.3) is 0 Å². The van der Waals surface area contributed by atoms with Gasteiger partial charge < -0.3 is 33.2 Å². The summed E-state index contributed by atoms with van der Waals surface area (Å²) in [7, 11) is 0. The highest BCUT2D eigenvalue weighted by atomic mass is 16.6. The Labute approximate surface area is 790 Å². The SMILES string of the molecule is C=C1C2CCC3C2C(C)(C)CCCC13C.CC(C)C(=O)OCC(C)(C)C(OC(=O)C(C)C)C(C)C.CC(CC(=O)OCC(C)(C)COC(=O)CC(C)CC(C)(C)C)CC(C)(C)C.CC(CCOC(=O)CC(C)CC(C)(C)C)CC(C)(C)C.CC(CCOC(=O)CC(C)CC(C)(C)C)CCOC(=O)CC(C)CC(C)(C)C.CC1C2CCC(C2)C1CC1(C)C2CCC(C2)C1C. The topological polar surface area (TPSA) is 184 Å². The predicted octanol–water partition coefficient (Wildman–Crippen LogP) is 30.9. The van der Waals surface area contributed by atoms with Gasteiger partial charge in [-0.1, -0.05) is 302 Å². The smallest absolute Gasteiger partial charge is 0.308 e. The third-order valence-electron chi connectivity index (χ3n) is 29.8. The molecule has 0 spiro atoms. The van der Waals surface area contributed by atoms with Crippen molar-refractivity contribution < 1.29 is 66.7 Å². The maximum Gasteiger partial charge on any atom is 0.308 e. The first-order valence-corrected chi connectivity index (χ1v) is 51.9. The molecule has 0 heterocycles. The van der Waals surface area contributed by atoms with E-state index < -0.39 is 5.41 Å². The minimum absolute atomic E-state index is 0.0373. The highest BCUT2D eigenvalue weighted by Crippen LogP contribution is 2.70. The molecule has 0 amide bonds. The molecule has 0 aromatic heterocycles. The third kappa shape index (κ3) is 45.6. The van der Waals surface area contributed by atoms with Crippen LogP contribution in [0.1, 0.15) is 451 Å². The van der Waals surface area contributed by atoms with Crippen molar-refractivity contribution >= 4 is 41.8 Å². The van der Waals surface area contributed by atoms with E-state index in [0.717, 1.165) is 111 Å². The van der Waals surface area contributed by atoms with Gasteiger partial charge in [0.1, 0.15) is 6.10 Å². The predicted molar refractivity (Wildman–Crippen MR) is 534 cm³/mol. The van der Waals surface area contributed by atoms with Crippen molar-refractivity contribution in [3.63, 3.8) is 0 Å². The van der Waals surface area contributed by atoms with E-state index >= 15 is 0 Å². The van der Waals surface area contributed by atoms with Gasteiger partial charge in [0.2, 0.25) is 0 Å². The maximum atomic E-state index is 12.1. The summed E-state index contributed by atoms with van der Waals surface area (Å²) in [6.45, 7) is 95.5. The van der Waals surface area contributed by atoms with E-state index in [2.05, 4.69) is 221 Å². The van der Waals surface area contributed by atoms with Crippen LogP contribution in [0.4, 0.5) is 0 Å². The molecule has 750 valence electrons. The molecule has 0 saturated heterocycles. The molecule has 7 aliphatic carbocycles. The Kier molecular flexibility index (Phi) is 48.6. The Morgan fingerprint density at radius 1 is 0.398 bits per heavy atom. The lowest BCUT2D eigenvalue weighted by molar-refractivity contribution is -0.169. The summed E-state index contributed by atoms with van der Waals surface area (Å²) in [5, 5.41) is 0. The van der Waals surface area contributed by atoms with Crippen molar-refractivity contribution in [2.24, 2.45) is 178 Å². The van der Waals surface area contributed by atoms with Gasteiger partial charge in [-0.2, -0.15) is 0 Å². The molecule has 0 aromatic rings. The summed E-state index contributed by atoms with van der Waals surface area (Å²) < 4.78 is 37.9. The van der Waals surface area contributed by atoms with Gasteiger partial charge in [0, 0.05) is 42.9 Å². The van der Waals surface area contributed by atoms with E-state index in [1.165, 1.54) is 38.5 Å². The molecule has 7 saturated carbocycles. The molecule has 19 unspecified atom stereocenters. The molecule has 19 atom stereocenters. The minimum Gasteiger partial charge on any atom is -0.466 e. The molecule has 7 aliphatic rings. The number of carbonyl (C=O) groups excluding carboxylic acids is 7. The Balaban J connectivity index is 0.000000525. The average molecular weight is 1800 g/mol. The van der Waals surface area contributed by atoms with Crippen LogP contribution in [0.2, 0.25) is 0 Å². The van der Waals surface area contributed by atoms with Crippen molar-refractivity contribution in [3.05, 3.63) is 12.2 Å². The zero-order valence-electron chi connectivity index (χ0n) is 91.7. The first-order chi connectivity index (χ1) is 58.1. The molecule has 0 aliphatic heterocycles. The van der Waals surface area contributed by atoms with Crippen LogP contribution < -0.4 is 0 Å². The molecule has 14 heteroatoms. The van der Waals surface area contributed by atoms with Crippen LogP contribution in [0.3, 0.4) is 0 Å². The fraction of sp³-hybridized carbons (Fsp3) is 0.921. The lowest BCUT2D eigenvalue weighted by Crippen LogP contribution is -2.42. The number of hydrogen-bond donors (Lipinski definition) is 0. The lowest BCUT2D eigenvalue weighted by atomic mass is 9.61. The number of carbonyl (C=O) groups is 7. The standard InChI is InChI=1S/C24H46O4.C23H44O4.C18H36O2.C18H30.C16H30O4.C15H24/c1-18(10-12-27-21(25)14-19(2)16-23(4,5)6)11-13-28-22(26)15-20(3)17-24(7,8)9;1-17(13-21(3,4)5)11-19(24)26-15-23(9,10)16-27-20(25)12-18(2)14-22(6,7)8;1-14(12-17(3,4)5)9-10-20-16(19)11-15(2)13-18(6,7)8;1-11-13-4-5-15(8-13)17(11)10-18(3)12(2)14-6-7-16(18)9-14;1-10(2)13(20-15(18)12(5)6)16(7,8)9-19-14(17)11(3)4;1-10-11-6-7-12-13(11)14(2,3)8-5-9-15(10,12)4/h18-20H,10-17H2,1-9H3;17-18H,11-16H2,1-10H3;14-15H,9-13H2,1-8H3;11-17H,4-10H2,1-3H3;10-13H,9H2,1-8H3;11-13H,1,5-9H2,2-4H3. The van der Waals surface area contributed by atoms with Crippen LogP contribution in [-0.2, 0) is 66.7 Å². The number of fused-ring (bicyclic) bond motifs is 4. The van der Waals surface area contributed by atoms with Crippen molar-refractivity contribution in [2.75, 3.05) is 39.6 Å². The van der Waals surface area contributed by atoms with Gasteiger partial charge in [0.25, 0.3) is 0 Å². The zero-order valence-corrected chi connectivity index (χ0v) is 91.7. The molecule has 0 radical (unpaired) electrons. The summed E-state index contributed by atoms with van der Waals surface area (Å²) in [5.41, 5.74) is 4.13. The van der Waals surface area contributed by atoms with Crippen LogP contribution in [0, 0.1) is 178 Å². The largest absolute Gasteiger partial charge is 0.466 e. The summed E-state index contributed by atoms with van der Waals surface area (Å²) in [6, 6.07) is 0. The first kappa shape index (κ1) is 120. The fourth-order valence-electron chi connectivity index (χ4n) is 24.4. The number of rotatable bonds is 38. The van der Waals surface area contributed by atoms with Crippen molar-refractivity contribution in [2.45, 2.75) is 457 Å². The number of allylic oxidation sites excluding steroid dienone is 1.